The lowest BCUT2D eigenvalue weighted by Crippen LogP contribution is -2.58. The van der Waals surface area contributed by atoms with Crippen LogP contribution in [0.2, 0.25) is 0 Å². The molecule has 0 fully saturated rings. The summed E-state index contributed by atoms with van der Waals surface area (Å²) < 4.78 is 0. The number of carbonyl (C=O) groups is 5. The Bertz CT molecular complexity index is 2000. The number of fused-ring (bicyclic) bond motifs is 2. The van der Waals surface area contributed by atoms with Gasteiger partial charge in [-0.25, -0.2) is 4.79 Å². The monoisotopic (exact) mass is 681 g/mol. The van der Waals surface area contributed by atoms with Crippen molar-refractivity contribution in [1.82, 2.24) is 25.9 Å². The van der Waals surface area contributed by atoms with Crippen molar-refractivity contribution in [2.45, 2.75) is 56.3 Å². The summed E-state index contributed by atoms with van der Waals surface area (Å²) in [5.41, 5.74) is 15.3. The Hall–Kier alpha value is -6.15. The number of carboxylic acids is 1. The molecule has 0 aliphatic carbocycles. The minimum atomic E-state index is -1.37. The summed E-state index contributed by atoms with van der Waals surface area (Å²) in [5.74, 6) is -4.23. The smallest absolute Gasteiger partial charge is 0.326 e. The number of para-hydroxylation sites is 2. The molecule has 14 nitrogen and oxygen atoms in total. The van der Waals surface area contributed by atoms with Crippen LogP contribution in [0.15, 0.2) is 85.2 Å². The zero-order valence-electron chi connectivity index (χ0n) is 27.0. The normalized spacial score (nSPS) is 13.6. The molecule has 4 atom stereocenters. The molecule has 3 aromatic carbocycles. The maximum atomic E-state index is 13.8. The molecule has 50 heavy (non-hydrogen) atoms. The highest BCUT2D eigenvalue weighted by Crippen LogP contribution is 2.21. The van der Waals surface area contributed by atoms with E-state index in [0.29, 0.717) is 11.1 Å². The third kappa shape index (κ3) is 8.85. The Morgan fingerprint density at radius 3 is 1.76 bits per heavy atom. The number of benzene rings is 3. The molecule has 5 aromatic rings. The highest BCUT2D eigenvalue weighted by atomic mass is 16.4. The van der Waals surface area contributed by atoms with Gasteiger partial charge in [-0.3, -0.25) is 19.2 Å². The number of carbonyl (C=O) groups excluding carboxylic acids is 4. The van der Waals surface area contributed by atoms with Gasteiger partial charge in [0.05, 0.1) is 6.04 Å². The van der Waals surface area contributed by atoms with Crippen LogP contribution < -0.4 is 27.4 Å². The van der Waals surface area contributed by atoms with E-state index >= 15 is 0 Å². The van der Waals surface area contributed by atoms with Gasteiger partial charge in [0.25, 0.3) is 0 Å². The minimum Gasteiger partial charge on any atom is -0.508 e. The predicted octanol–water partition coefficient (Wildman–Crippen LogP) is 1.51. The summed E-state index contributed by atoms with van der Waals surface area (Å²) >= 11 is 0. The first-order valence-electron chi connectivity index (χ1n) is 16.0. The first-order valence-corrected chi connectivity index (χ1v) is 16.0. The molecule has 4 amide bonds. The molecule has 2 aromatic heterocycles. The fourth-order valence-corrected chi connectivity index (χ4v) is 5.81. The summed E-state index contributed by atoms with van der Waals surface area (Å²) in [5, 5.41) is 29.1. The van der Waals surface area contributed by atoms with Crippen LogP contribution in [-0.2, 0) is 43.2 Å². The number of phenolic OH excluding ortho intramolecular Hbond substituents is 1. The number of rotatable bonds is 16. The van der Waals surface area contributed by atoms with Crippen LogP contribution in [0.3, 0.4) is 0 Å². The zero-order valence-corrected chi connectivity index (χ0v) is 27.0. The molecule has 0 saturated carbocycles. The summed E-state index contributed by atoms with van der Waals surface area (Å²) in [6, 6.07) is 15.7. The second-order valence-corrected chi connectivity index (χ2v) is 12.1. The van der Waals surface area contributed by atoms with Crippen molar-refractivity contribution in [2.75, 3.05) is 0 Å². The number of amides is 4. The molecule has 11 N–H and O–H groups in total. The van der Waals surface area contributed by atoms with E-state index in [1.165, 1.54) is 24.3 Å². The number of aromatic hydroxyl groups is 1. The lowest BCUT2D eigenvalue weighted by Gasteiger charge is -2.25. The van der Waals surface area contributed by atoms with E-state index in [-0.39, 0.29) is 37.9 Å². The van der Waals surface area contributed by atoms with E-state index in [9.17, 15) is 34.2 Å². The molecule has 0 spiro atoms. The fourth-order valence-electron chi connectivity index (χ4n) is 5.81. The fraction of sp³-hybridized carbons (Fsp3) is 0.250. The first-order chi connectivity index (χ1) is 24.0. The van der Waals surface area contributed by atoms with E-state index in [4.69, 9.17) is 11.5 Å². The van der Waals surface area contributed by atoms with Crippen LogP contribution >= 0.6 is 0 Å². The zero-order chi connectivity index (χ0) is 35.8. The van der Waals surface area contributed by atoms with E-state index in [1.54, 1.807) is 12.4 Å². The summed E-state index contributed by atoms with van der Waals surface area (Å²) in [6.07, 6.45) is 3.05. The molecular weight excluding hydrogens is 642 g/mol. The average molecular weight is 682 g/mol. The molecule has 2 heterocycles. The Morgan fingerprint density at radius 2 is 1.18 bits per heavy atom. The Kier molecular flexibility index (Phi) is 11.1. The Balaban J connectivity index is 1.35. The van der Waals surface area contributed by atoms with Crippen molar-refractivity contribution in [2.24, 2.45) is 11.5 Å². The van der Waals surface area contributed by atoms with E-state index in [0.717, 1.165) is 27.4 Å². The molecule has 0 aliphatic rings. The molecule has 260 valence electrons. The van der Waals surface area contributed by atoms with Crippen LogP contribution in [0.5, 0.6) is 5.75 Å². The van der Waals surface area contributed by atoms with Crippen LogP contribution in [-0.4, -0.2) is 73.9 Å². The standard InChI is InChI=1S/C36H39N7O7/c37-26(16-21-18-39-27-7-3-1-5-24(21)27)33(46)41-29(13-14-32(38)45)34(47)42-30(17-22-19-40-28-8-4-2-6-25(22)28)35(48)43-31(36(49)50)15-20-9-11-23(44)12-10-20/h1-12,18-19,26,29-31,39-40,44H,13-17,37H2,(H2,38,45)(H,41,46)(H,42,47)(H,43,48)(H,49,50). The van der Waals surface area contributed by atoms with Crippen LogP contribution in [0.25, 0.3) is 21.8 Å². The number of carboxylic acid groups (broad SMARTS) is 1. The van der Waals surface area contributed by atoms with Gasteiger partial charge in [-0.2, -0.15) is 0 Å². The van der Waals surface area contributed by atoms with Gasteiger partial charge in [-0.15, -0.1) is 0 Å². The second-order valence-electron chi connectivity index (χ2n) is 12.1. The summed E-state index contributed by atoms with van der Waals surface area (Å²) in [6.45, 7) is 0. The van der Waals surface area contributed by atoms with Crippen molar-refractivity contribution < 1.29 is 34.2 Å². The van der Waals surface area contributed by atoms with Gasteiger partial charge in [0.15, 0.2) is 0 Å². The van der Waals surface area contributed by atoms with E-state index < -0.39 is 53.8 Å². The van der Waals surface area contributed by atoms with Crippen molar-refractivity contribution >= 4 is 51.4 Å². The number of phenols is 1. The molecule has 0 aliphatic heterocycles. The number of H-pyrrole nitrogens is 2. The topological polar surface area (TPSA) is 246 Å². The number of aromatic nitrogens is 2. The van der Waals surface area contributed by atoms with E-state index in [2.05, 4.69) is 25.9 Å². The number of nitrogens with two attached hydrogens (primary N) is 2. The molecule has 0 radical (unpaired) electrons. The number of aliphatic carboxylic acids is 1. The third-order valence-electron chi connectivity index (χ3n) is 8.49. The summed E-state index contributed by atoms with van der Waals surface area (Å²) in [7, 11) is 0. The van der Waals surface area contributed by atoms with Gasteiger partial charge in [0, 0.05) is 53.5 Å². The lowest BCUT2D eigenvalue weighted by molar-refractivity contribution is -0.142. The molecule has 0 saturated heterocycles. The van der Waals surface area contributed by atoms with Gasteiger partial charge in [0.2, 0.25) is 23.6 Å². The Labute approximate surface area is 286 Å². The highest BCUT2D eigenvalue weighted by molar-refractivity contribution is 5.95. The van der Waals surface area contributed by atoms with Crippen LogP contribution in [0.1, 0.15) is 29.5 Å². The second kappa shape index (κ2) is 15.8. The highest BCUT2D eigenvalue weighted by Gasteiger charge is 2.31. The van der Waals surface area contributed by atoms with Gasteiger partial charge in [-0.1, -0.05) is 48.5 Å². The maximum absolute atomic E-state index is 13.8. The number of primary amides is 1. The van der Waals surface area contributed by atoms with Crippen molar-refractivity contribution in [3.8, 4) is 5.75 Å². The van der Waals surface area contributed by atoms with Gasteiger partial charge < -0.3 is 47.6 Å². The minimum absolute atomic E-state index is 0.00284. The number of hydrogen-bond donors (Lipinski definition) is 9. The predicted molar refractivity (Wildman–Crippen MR) is 186 cm³/mol. The molecular formula is C36H39N7O7. The average Bonchev–Trinajstić information content (AvgIpc) is 3.70. The molecule has 0 bridgehead atoms. The Morgan fingerprint density at radius 1 is 0.660 bits per heavy atom. The maximum Gasteiger partial charge on any atom is 0.326 e. The van der Waals surface area contributed by atoms with Crippen molar-refractivity contribution in [3.63, 3.8) is 0 Å². The third-order valence-corrected chi connectivity index (χ3v) is 8.49. The molecule has 5 rings (SSSR count). The first kappa shape index (κ1) is 35.2. The lowest BCUT2D eigenvalue weighted by atomic mass is 10.0. The van der Waals surface area contributed by atoms with Gasteiger partial charge in [0.1, 0.15) is 23.9 Å². The van der Waals surface area contributed by atoms with Gasteiger partial charge >= 0.3 is 5.97 Å². The van der Waals surface area contributed by atoms with Crippen LogP contribution in [0, 0.1) is 0 Å². The molecule has 4 unspecified atom stereocenters. The number of nitrogens with one attached hydrogen (secondary N) is 5. The number of hydrogen-bond acceptors (Lipinski definition) is 7. The number of aromatic amines is 2. The van der Waals surface area contributed by atoms with Crippen molar-refractivity contribution in [1.29, 1.82) is 0 Å². The molecule has 14 heteroatoms. The summed E-state index contributed by atoms with van der Waals surface area (Å²) in [4.78, 5) is 71.1. The van der Waals surface area contributed by atoms with Gasteiger partial charge in [-0.05, 0) is 53.8 Å². The van der Waals surface area contributed by atoms with E-state index in [1.807, 2.05) is 48.5 Å². The largest absolute Gasteiger partial charge is 0.508 e. The SMILES string of the molecule is NC(=O)CCC(NC(=O)C(N)Cc1c[nH]c2ccccc12)C(=O)NC(Cc1c[nH]c2ccccc12)C(=O)NC(Cc1ccc(O)cc1)C(=O)O. The quantitative estimate of drug-likeness (QED) is 0.0737. The van der Waals surface area contributed by atoms with Crippen LogP contribution in [0.4, 0.5) is 0 Å². The van der Waals surface area contributed by atoms with Crippen molar-refractivity contribution in [3.05, 3.63) is 102 Å².